The van der Waals surface area contributed by atoms with Crippen LogP contribution in [-0.4, -0.2) is 36.3 Å². The molecule has 0 saturated heterocycles. The van der Waals surface area contributed by atoms with Crippen LogP contribution in [0.3, 0.4) is 0 Å². The molecule has 0 saturated carbocycles. The Kier molecular flexibility index (Phi) is 4.65. The molecule has 1 atom stereocenters. The van der Waals surface area contributed by atoms with Gasteiger partial charge in [-0.1, -0.05) is 13.0 Å². The number of H-pyrrole nitrogens is 1. The SMILES string of the molecule is CCCn1c2c(c(=O)[nH]c1=O)C(c1ccc(OC)cc1OC)C1=C(COC1=O)N2. The van der Waals surface area contributed by atoms with Crippen LogP contribution in [0.5, 0.6) is 11.5 Å². The molecule has 0 amide bonds. The number of nitrogens with one attached hydrogen (secondary N) is 2. The summed E-state index contributed by atoms with van der Waals surface area (Å²) in [6, 6.07) is 5.17. The second kappa shape index (κ2) is 7.16. The summed E-state index contributed by atoms with van der Waals surface area (Å²) in [4.78, 5) is 40.2. The summed E-state index contributed by atoms with van der Waals surface area (Å²) in [7, 11) is 3.04. The van der Waals surface area contributed by atoms with Crippen molar-refractivity contribution >= 4 is 11.8 Å². The van der Waals surface area contributed by atoms with Gasteiger partial charge in [0.25, 0.3) is 5.56 Å². The van der Waals surface area contributed by atoms with Crippen LogP contribution in [0.15, 0.2) is 39.1 Å². The summed E-state index contributed by atoms with van der Waals surface area (Å²) in [5.74, 6) is 0.160. The van der Waals surface area contributed by atoms with E-state index in [0.717, 1.165) is 0 Å². The molecule has 2 aliphatic heterocycles. The molecule has 0 spiro atoms. The molecule has 4 rings (SSSR count). The molecule has 0 fully saturated rings. The minimum atomic E-state index is -0.746. The Morgan fingerprint density at radius 1 is 1.21 bits per heavy atom. The van der Waals surface area contributed by atoms with Crippen molar-refractivity contribution in [3.8, 4) is 11.5 Å². The number of fused-ring (bicyclic) bond motifs is 1. The number of hydrogen-bond donors (Lipinski definition) is 2. The summed E-state index contributed by atoms with van der Waals surface area (Å²) in [6.07, 6.45) is 0.692. The van der Waals surface area contributed by atoms with Crippen molar-refractivity contribution in [1.29, 1.82) is 0 Å². The molecule has 0 bridgehead atoms. The molecule has 9 nitrogen and oxygen atoms in total. The van der Waals surface area contributed by atoms with Crippen LogP contribution in [0.4, 0.5) is 5.82 Å². The van der Waals surface area contributed by atoms with E-state index >= 15 is 0 Å². The van der Waals surface area contributed by atoms with Gasteiger partial charge in [0.1, 0.15) is 23.9 Å². The molecule has 152 valence electrons. The van der Waals surface area contributed by atoms with E-state index in [1.807, 2.05) is 6.92 Å². The monoisotopic (exact) mass is 399 g/mol. The van der Waals surface area contributed by atoms with Gasteiger partial charge >= 0.3 is 11.7 Å². The number of methoxy groups -OCH3 is 2. The molecule has 1 aromatic heterocycles. The number of rotatable bonds is 5. The Hall–Kier alpha value is -3.49. The molecule has 2 N–H and O–H groups in total. The lowest BCUT2D eigenvalue weighted by Crippen LogP contribution is -2.38. The minimum Gasteiger partial charge on any atom is -0.497 e. The van der Waals surface area contributed by atoms with E-state index in [1.165, 1.54) is 18.8 Å². The first-order valence-electron chi connectivity index (χ1n) is 9.26. The highest BCUT2D eigenvalue weighted by Gasteiger charge is 2.42. The van der Waals surface area contributed by atoms with Crippen molar-refractivity contribution in [2.24, 2.45) is 0 Å². The standard InChI is InChI=1S/C20H21N3O6/c1-4-7-23-17-16(18(24)22-20(23)26)14(15-12(21-17)9-29-19(15)25)11-6-5-10(27-2)8-13(11)28-3/h5-6,8,14,21H,4,7,9H2,1-3H3,(H,22,24,26). The first-order chi connectivity index (χ1) is 14.0. The van der Waals surface area contributed by atoms with Gasteiger partial charge in [0, 0.05) is 18.2 Å². The highest BCUT2D eigenvalue weighted by atomic mass is 16.5. The molecule has 0 aliphatic carbocycles. The van der Waals surface area contributed by atoms with Gasteiger partial charge in [-0.25, -0.2) is 9.59 Å². The fourth-order valence-electron chi connectivity index (χ4n) is 3.89. The van der Waals surface area contributed by atoms with Crippen LogP contribution in [0.2, 0.25) is 0 Å². The van der Waals surface area contributed by atoms with E-state index in [1.54, 1.807) is 18.2 Å². The first kappa shape index (κ1) is 18.9. The highest BCUT2D eigenvalue weighted by Crippen LogP contribution is 2.45. The van der Waals surface area contributed by atoms with Crippen molar-refractivity contribution in [3.05, 3.63) is 61.4 Å². The zero-order chi connectivity index (χ0) is 20.7. The number of aromatic nitrogens is 2. The number of esters is 1. The fourth-order valence-corrected chi connectivity index (χ4v) is 3.89. The van der Waals surface area contributed by atoms with Gasteiger partial charge in [-0.3, -0.25) is 14.3 Å². The van der Waals surface area contributed by atoms with Gasteiger partial charge < -0.3 is 19.5 Å². The smallest absolute Gasteiger partial charge is 0.337 e. The van der Waals surface area contributed by atoms with Crippen molar-refractivity contribution in [2.75, 3.05) is 26.1 Å². The minimum absolute atomic E-state index is 0.0513. The van der Waals surface area contributed by atoms with Gasteiger partial charge in [-0.15, -0.1) is 0 Å². The highest BCUT2D eigenvalue weighted by molar-refractivity contribution is 5.97. The molecule has 1 aromatic carbocycles. The number of nitrogens with zero attached hydrogens (tertiary/aromatic N) is 1. The molecule has 29 heavy (non-hydrogen) atoms. The molecule has 2 aromatic rings. The lowest BCUT2D eigenvalue weighted by Gasteiger charge is -2.29. The summed E-state index contributed by atoms with van der Waals surface area (Å²) in [5, 5.41) is 3.10. The van der Waals surface area contributed by atoms with Crippen LogP contribution < -0.4 is 26.0 Å². The van der Waals surface area contributed by atoms with E-state index in [4.69, 9.17) is 14.2 Å². The second-order valence-electron chi connectivity index (χ2n) is 6.81. The van der Waals surface area contributed by atoms with Crippen LogP contribution in [0.1, 0.15) is 30.4 Å². The number of cyclic esters (lactones) is 1. The first-order valence-corrected chi connectivity index (χ1v) is 9.26. The van der Waals surface area contributed by atoms with Gasteiger partial charge in [-0.2, -0.15) is 0 Å². The predicted octanol–water partition coefficient (Wildman–Crippen LogP) is 1.33. The molecule has 2 aliphatic rings. The predicted molar refractivity (Wildman–Crippen MR) is 105 cm³/mol. The normalized spacial score (nSPS) is 17.3. The van der Waals surface area contributed by atoms with Gasteiger partial charge in [-0.05, 0) is 12.5 Å². The molecular formula is C20H21N3O6. The fraction of sp³-hybridized carbons (Fsp3) is 0.350. The number of aromatic amines is 1. The lowest BCUT2D eigenvalue weighted by atomic mass is 9.82. The summed E-state index contributed by atoms with van der Waals surface area (Å²) in [5.41, 5.74) is 0.707. The molecule has 9 heteroatoms. The maximum Gasteiger partial charge on any atom is 0.337 e. The van der Waals surface area contributed by atoms with Gasteiger partial charge in [0.2, 0.25) is 0 Å². The number of anilines is 1. The molecule has 0 radical (unpaired) electrons. The van der Waals surface area contributed by atoms with Crippen LogP contribution >= 0.6 is 0 Å². The Morgan fingerprint density at radius 3 is 2.69 bits per heavy atom. The largest absolute Gasteiger partial charge is 0.497 e. The maximum atomic E-state index is 12.9. The maximum absolute atomic E-state index is 12.9. The summed E-state index contributed by atoms with van der Waals surface area (Å²) >= 11 is 0. The number of ether oxygens (including phenoxy) is 3. The molecule has 3 heterocycles. The number of carbonyl (C=O) groups excluding carboxylic acids is 1. The zero-order valence-electron chi connectivity index (χ0n) is 16.3. The third kappa shape index (κ3) is 2.89. The van der Waals surface area contributed by atoms with Gasteiger partial charge in [0.05, 0.1) is 37.0 Å². The van der Waals surface area contributed by atoms with Crippen LogP contribution in [0.25, 0.3) is 0 Å². The second-order valence-corrected chi connectivity index (χ2v) is 6.81. The van der Waals surface area contributed by atoms with Crippen LogP contribution in [0, 0.1) is 0 Å². The van der Waals surface area contributed by atoms with Crippen molar-refractivity contribution in [1.82, 2.24) is 9.55 Å². The average Bonchev–Trinajstić information content (AvgIpc) is 3.09. The van der Waals surface area contributed by atoms with E-state index in [-0.39, 0.29) is 12.2 Å². The van der Waals surface area contributed by atoms with Crippen LogP contribution in [-0.2, 0) is 16.1 Å². The van der Waals surface area contributed by atoms with E-state index in [0.29, 0.717) is 47.1 Å². The van der Waals surface area contributed by atoms with Crippen molar-refractivity contribution in [2.45, 2.75) is 25.8 Å². The summed E-state index contributed by atoms with van der Waals surface area (Å²) < 4.78 is 17.5. The average molecular weight is 399 g/mol. The molecule has 1 unspecified atom stereocenters. The third-order valence-electron chi connectivity index (χ3n) is 5.17. The quantitative estimate of drug-likeness (QED) is 0.730. The van der Waals surface area contributed by atoms with E-state index in [2.05, 4.69) is 10.3 Å². The Labute approximate surface area is 165 Å². The third-order valence-corrected chi connectivity index (χ3v) is 5.17. The number of hydrogen-bond acceptors (Lipinski definition) is 7. The topological polar surface area (TPSA) is 112 Å². The van der Waals surface area contributed by atoms with Gasteiger partial charge in [0.15, 0.2) is 0 Å². The van der Waals surface area contributed by atoms with Crippen molar-refractivity contribution in [3.63, 3.8) is 0 Å². The van der Waals surface area contributed by atoms with E-state index in [9.17, 15) is 14.4 Å². The Bertz CT molecular complexity index is 1140. The van der Waals surface area contributed by atoms with Crippen molar-refractivity contribution < 1.29 is 19.0 Å². The summed E-state index contributed by atoms with van der Waals surface area (Å²) in [6.45, 7) is 2.40. The Morgan fingerprint density at radius 2 is 2.00 bits per heavy atom. The lowest BCUT2D eigenvalue weighted by molar-refractivity contribution is -0.136. The number of benzene rings is 1. The molecular weight excluding hydrogens is 378 g/mol. The Balaban J connectivity index is 2.04. The number of carbonyl (C=O) groups is 1. The van der Waals surface area contributed by atoms with E-state index < -0.39 is 23.1 Å². The zero-order valence-corrected chi connectivity index (χ0v) is 16.3.